The topological polar surface area (TPSA) is 70.5 Å². The standard InChI is InChI=1S/C10H14F2N2O2/c1-15-8-4-2-3-6(7(14)5-13)9(8)16-10(11)12/h2-4,7,10H,5,13-14H2,1H3/t7-/m0/s1. The quantitative estimate of drug-likeness (QED) is 0.801. The summed E-state index contributed by atoms with van der Waals surface area (Å²) < 4.78 is 33.8. The van der Waals surface area contributed by atoms with E-state index < -0.39 is 12.7 Å². The van der Waals surface area contributed by atoms with Crippen molar-refractivity contribution in [1.29, 1.82) is 0 Å². The Hall–Kier alpha value is -1.40. The summed E-state index contributed by atoms with van der Waals surface area (Å²) in [7, 11) is 1.37. The largest absolute Gasteiger partial charge is 0.493 e. The van der Waals surface area contributed by atoms with Crippen molar-refractivity contribution in [1.82, 2.24) is 0 Å². The summed E-state index contributed by atoms with van der Waals surface area (Å²) in [5.41, 5.74) is 11.5. The Morgan fingerprint density at radius 2 is 2.06 bits per heavy atom. The van der Waals surface area contributed by atoms with Crippen LogP contribution in [0, 0.1) is 0 Å². The average Bonchev–Trinajstić information content (AvgIpc) is 2.27. The minimum Gasteiger partial charge on any atom is -0.493 e. The molecule has 0 radical (unpaired) electrons. The Morgan fingerprint density at radius 1 is 1.38 bits per heavy atom. The predicted molar refractivity (Wildman–Crippen MR) is 55.6 cm³/mol. The minimum absolute atomic E-state index is 0.0575. The van der Waals surface area contributed by atoms with E-state index in [0.717, 1.165) is 0 Å². The van der Waals surface area contributed by atoms with Gasteiger partial charge in [-0.3, -0.25) is 0 Å². The summed E-state index contributed by atoms with van der Waals surface area (Å²) in [6.45, 7) is -2.80. The molecule has 4 N–H and O–H groups in total. The molecule has 4 nitrogen and oxygen atoms in total. The normalized spacial score (nSPS) is 12.6. The molecule has 0 aliphatic carbocycles. The summed E-state index contributed by atoms with van der Waals surface area (Å²) >= 11 is 0. The highest BCUT2D eigenvalue weighted by Crippen LogP contribution is 2.34. The highest BCUT2D eigenvalue weighted by molar-refractivity contribution is 5.48. The highest BCUT2D eigenvalue weighted by Gasteiger charge is 2.18. The summed E-state index contributed by atoms with van der Waals surface area (Å²) in [5.74, 6) is 0.152. The van der Waals surface area contributed by atoms with Crippen LogP contribution in [0.3, 0.4) is 0 Å². The van der Waals surface area contributed by atoms with Gasteiger partial charge in [0.1, 0.15) is 0 Å². The van der Waals surface area contributed by atoms with Crippen molar-refractivity contribution in [3.05, 3.63) is 23.8 Å². The van der Waals surface area contributed by atoms with Gasteiger partial charge < -0.3 is 20.9 Å². The Balaban J connectivity index is 3.14. The fourth-order valence-electron chi connectivity index (χ4n) is 1.33. The fraction of sp³-hybridized carbons (Fsp3) is 0.400. The SMILES string of the molecule is COc1cccc([C@@H](N)CN)c1OC(F)F. The van der Waals surface area contributed by atoms with Gasteiger partial charge >= 0.3 is 6.61 Å². The zero-order chi connectivity index (χ0) is 12.1. The lowest BCUT2D eigenvalue weighted by Gasteiger charge is -2.17. The maximum Gasteiger partial charge on any atom is 0.387 e. The van der Waals surface area contributed by atoms with Crippen molar-refractivity contribution in [2.45, 2.75) is 12.7 Å². The van der Waals surface area contributed by atoms with Gasteiger partial charge in [-0.2, -0.15) is 8.78 Å². The van der Waals surface area contributed by atoms with Crippen molar-refractivity contribution in [3.63, 3.8) is 0 Å². The summed E-state index contributed by atoms with van der Waals surface area (Å²) in [4.78, 5) is 0. The molecule has 0 amide bonds. The molecule has 0 bridgehead atoms. The lowest BCUT2D eigenvalue weighted by atomic mass is 10.1. The lowest BCUT2D eigenvalue weighted by molar-refractivity contribution is -0.0519. The van der Waals surface area contributed by atoms with E-state index in [1.807, 2.05) is 0 Å². The van der Waals surface area contributed by atoms with Crippen LogP contribution in [0.5, 0.6) is 11.5 Å². The molecule has 0 aliphatic rings. The van der Waals surface area contributed by atoms with Gasteiger partial charge in [0, 0.05) is 18.2 Å². The molecule has 16 heavy (non-hydrogen) atoms. The van der Waals surface area contributed by atoms with Crippen molar-refractivity contribution in [2.24, 2.45) is 11.5 Å². The van der Waals surface area contributed by atoms with Gasteiger partial charge in [0.2, 0.25) is 0 Å². The number of hydrogen-bond acceptors (Lipinski definition) is 4. The van der Waals surface area contributed by atoms with Gasteiger partial charge in [-0.1, -0.05) is 12.1 Å². The Morgan fingerprint density at radius 3 is 2.56 bits per heavy atom. The van der Waals surface area contributed by atoms with E-state index in [1.54, 1.807) is 12.1 Å². The van der Waals surface area contributed by atoms with Gasteiger partial charge in [0.05, 0.1) is 7.11 Å². The van der Waals surface area contributed by atoms with E-state index in [9.17, 15) is 8.78 Å². The van der Waals surface area contributed by atoms with Crippen LogP contribution in [-0.2, 0) is 0 Å². The molecule has 0 fully saturated rings. The van der Waals surface area contributed by atoms with Crippen LogP contribution in [0.1, 0.15) is 11.6 Å². The minimum atomic E-state index is -2.93. The van der Waals surface area contributed by atoms with Gasteiger partial charge in [-0.25, -0.2) is 0 Å². The zero-order valence-corrected chi connectivity index (χ0v) is 8.82. The van der Waals surface area contributed by atoms with Crippen molar-refractivity contribution in [3.8, 4) is 11.5 Å². The van der Waals surface area contributed by atoms with E-state index in [4.69, 9.17) is 16.2 Å². The number of para-hydroxylation sites is 1. The molecule has 0 aliphatic heterocycles. The second kappa shape index (κ2) is 5.62. The molecule has 90 valence electrons. The van der Waals surface area contributed by atoms with E-state index >= 15 is 0 Å². The first-order valence-electron chi connectivity index (χ1n) is 4.67. The van der Waals surface area contributed by atoms with E-state index in [1.165, 1.54) is 13.2 Å². The predicted octanol–water partition coefficient (Wildman–Crippen LogP) is 1.26. The number of alkyl halides is 2. The number of rotatable bonds is 5. The van der Waals surface area contributed by atoms with Crippen molar-refractivity contribution >= 4 is 0 Å². The molecule has 0 aromatic heterocycles. The smallest absolute Gasteiger partial charge is 0.387 e. The number of hydrogen-bond donors (Lipinski definition) is 2. The summed E-state index contributed by atoms with van der Waals surface area (Å²) in [5, 5.41) is 0. The molecule has 0 spiro atoms. The number of nitrogens with two attached hydrogens (primary N) is 2. The molecule has 0 unspecified atom stereocenters. The van der Waals surface area contributed by atoms with E-state index in [-0.39, 0.29) is 18.0 Å². The third-order valence-corrected chi connectivity index (χ3v) is 2.09. The molecule has 1 aromatic carbocycles. The molecule has 1 aromatic rings. The van der Waals surface area contributed by atoms with Gasteiger partial charge in [0.15, 0.2) is 11.5 Å². The zero-order valence-electron chi connectivity index (χ0n) is 8.82. The highest BCUT2D eigenvalue weighted by atomic mass is 19.3. The first-order valence-corrected chi connectivity index (χ1v) is 4.67. The Labute approximate surface area is 92.1 Å². The maximum absolute atomic E-state index is 12.2. The molecule has 0 heterocycles. The second-order valence-corrected chi connectivity index (χ2v) is 3.10. The van der Waals surface area contributed by atoms with Crippen LogP contribution in [0.2, 0.25) is 0 Å². The van der Waals surface area contributed by atoms with Crippen LogP contribution in [0.25, 0.3) is 0 Å². The molecule has 1 atom stereocenters. The molecular weight excluding hydrogens is 218 g/mol. The number of ether oxygens (including phenoxy) is 2. The molecule has 0 saturated heterocycles. The third-order valence-electron chi connectivity index (χ3n) is 2.09. The summed E-state index contributed by atoms with van der Waals surface area (Å²) in [6.07, 6.45) is 0. The monoisotopic (exact) mass is 232 g/mol. The van der Waals surface area contributed by atoms with Crippen LogP contribution in [0.15, 0.2) is 18.2 Å². The fourth-order valence-corrected chi connectivity index (χ4v) is 1.33. The van der Waals surface area contributed by atoms with Crippen LogP contribution in [-0.4, -0.2) is 20.3 Å². The summed E-state index contributed by atoms with van der Waals surface area (Å²) in [6, 6.07) is 4.17. The van der Waals surface area contributed by atoms with E-state index in [0.29, 0.717) is 5.56 Å². The lowest BCUT2D eigenvalue weighted by Crippen LogP contribution is -2.22. The number of halogens is 2. The molecule has 0 saturated carbocycles. The first-order chi connectivity index (χ1) is 7.60. The van der Waals surface area contributed by atoms with Gasteiger partial charge in [-0.15, -0.1) is 0 Å². The third kappa shape index (κ3) is 2.80. The van der Waals surface area contributed by atoms with Crippen molar-refractivity contribution < 1.29 is 18.3 Å². The number of methoxy groups -OCH3 is 1. The van der Waals surface area contributed by atoms with Crippen LogP contribution >= 0.6 is 0 Å². The van der Waals surface area contributed by atoms with Crippen molar-refractivity contribution in [2.75, 3.05) is 13.7 Å². The second-order valence-electron chi connectivity index (χ2n) is 3.10. The van der Waals surface area contributed by atoms with Crippen LogP contribution in [0.4, 0.5) is 8.78 Å². The Bertz CT molecular complexity index is 348. The number of benzene rings is 1. The van der Waals surface area contributed by atoms with Crippen LogP contribution < -0.4 is 20.9 Å². The van der Waals surface area contributed by atoms with Gasteiger partial charge in [-0.05, 0) is 6.07 Å². The van der Waals surface area contributed by atoms with E-state index in [2.05, 4.69) is 4.74 Å². The first kappa shape index (κ1) is 12.7. The molecule has 6 heteroatoms. The Kier molecular flexibility index (Phi) is 4.45. The molecular formula is C10H14F2N2O2. The maximum atomic E-state index is 12.2. The van der Waals surface area contributed by atoms with Gasteiger partial charge in [0.25, 0.3) is 0 Å². The average molecular weight is 232 g/mol. The molecule has 1 rings (SSSR count).